The summed E-state index contributed by atoms with van der Waals surface area (Å²) in [6, 6.07) is 1.26. The van der Waals surface area contributed by atoms with Gasteiger partial charge < -0.3 is 10.6 Å². The molecule has 2 amide bonds. The summed E-state index contributed by atoms with van der Waals surface area (Å²) in [6.45, 7) is 1.60. The van der Waals surface area contributed by atoms with Crippen LogP contribution in [0.25, 0.3) is 0 Å². The molecule has 2 aromatic heterocycles. The van der Waals surface area contributed by atoms with Gasteiger partial charge in [-0.3, -0.25) is 10.1 Å². The average molecular weight is 292 g/mol. The normalized spacial score (nSPS) is 10.4. The molecule has 3 N–H and O–H groups in total. The summed E-state index contributed by atoms with van der Waals surface area (Å²) in [5, 5.41) is 14.4. The van der Waals surface area contributed by atoms with Crippen LogP contribution in [-0.4, -0.2) is 55.7 Å². The second-order valence-electron chi connectivity index (χ2n) is 4.60. The van der Waals surface area contributed by atoms with Crippen LogP contribution in [0.3, 0.4) is 0 Å². The Bertz CT molecular complexity index is 672. The zero-order valence-corrected chi connectivity index (χ0v) is 11.9. The zero-order valence-electron chi connectivity index (χ0n) is 11.9. The minimum atomic E-state index is -0.373. The Morgan fingerprint density at radius 1 is 1.38 bits per heavy atom. The number of urea groups is 1. The van der Waals surface area contributed by atoms with Crippen molar-refractivity contribution in [2.45, 2.75) is 13.5 Å². The van der Waals surface area contributed by atoms with Crippen LogP contribution in [0.5, 0.6) is 0 Å². The Morgan fingerprint density at radius 2 is 2.10 bits per heavy atom. The number of nitrogens with zero attached hydrogens (tertiary/aromatic N) is 6. The van der Waals surface area contributed by atoms with Crippen LogP contribution in [0, 0.1) is 6.92 Å². The Morgan fingerprint density at radius 3 is 2.67 bits per heavy atom. The van der Waals surface area contributed by atoms with E-state index in [0.29, 0.717) is 5.69 Å². The molecule has 0 spiro atoms. The highest BCUT2D eigenvalue weighted by Crippen LogP contribution is 2.06. The number of rotatable bonds is 3. The molecular formula is C11H16N8O2. The first kappa shape index (κ1) is 14.5. The molecule has 0 fully saturated rings. The Labute approximate surface area is 120 Å². The van der Waals surface area contributed by atoms with E-state index < -0.39 is 0 Å². The summed E-state index contributed by atoms with van der Waals surface area (Å²) < 4.78 is 1.09. The first-order chi connectivity index (χ1) is 9.86. The average Bonchev–Trinajstić information content (AvgIpc) is 2.95. The fraction of sp³-hybridized carbons (Fsp3) is 0.364. The van der Waals surface area contributed by atoms with Gasteiger partial charge in [0, 0.05) is 20.2 Å². The number of aromatic nitrogens is 5. The minimum Gasteiger partial charge on any atom is -0.383 e. The molecular weight excluding hydrogens is 276 g/mol. The van der Waals surface area contributed by atoms with Crippen molar-refractivity contribution in [3.63, 3.8) is 0 Å². The molecule has 2 heterocycles. The maximum atomic E-state index is 12.0. The fourth-order valence-electron chi connectivity index (χ4n) is 1.56. The van der Waals surface area contributed by atoms with Crippen LogP contribution in [0.4, 0.5) is 16.4 Å². The first-order valence-corrected chi connectivity index (χ1v) is 6.10. The summed E-state index contributed by atoms with van der Waals surface area (Å²) in [5.74, 6) is 0.138. The van der Waals surface area contributed by atoms with E-state index in [1.54, 1.807) is 27.1 Å². The lowest BCUT2D eigenvalue weighted by Gasteiger charge is -2.09. The third-order valence-corrected chi connectivity index (χ3v) is 2.55. The lowest BCUT2D eigenvalue weighted by atomic mass is 10.5. The number of nitrogens with one attached hydrogen (secondary N) is 1. The number of carbonyl (C=O) groups excluding carboxylic acids is 2. The molecule has 0 saturated heterocycles. The van der Waals surface area contributed by atoms with Crippen molar-refractivity contribution in [1.29, 1.82) is 0 Å². The van der Waals surface area contributed by atoms with Gasteiger partial charge in [-0.1, -0.05) is 0 Å². The van der Waals surface area contributed by atoms with Gasteiger partial charge >= 0.3 is 6.03 Å². The number of nitrogens with two attached hydrogens (primary N) is 1. The molecule has 0 aliphatic rings. The molecule has 21 heavy (non-hydrogen) atoms. The zero-order chi connectivity index (χ0) is 15.6. The highest BCUT2D eigenvalue weighted by atomic mass is 16.2. The lowest BCUT2D eigenvalue weighted by Crippen LogP contribution is -2.27. The largest absolute Gasteiger partial charge is 0.383 e. The van der Waals surface area contributed by atoms with Gasteiger partial charge in [-0.2, -0.15) is 19.7 Å². The van der Waals surface area contributed by atoms with Gasteiger partial charge in [0.15, 0.2) is 5.82 Å². The quantitative estimate of drug-likeness (QED) is 0.807. The summed E-state index contributed by atoms with van der Waals surface area (Å²) >= 11 is 0. The van der Waals surface area contributed by atoms with Gasteiger partial charge in [0.25, 0.3) is 5.91 Å². The molecule has 0 atom stereocenters. The maximum absolute atomic E-state index is 12.0. The summed E-state index contributed by atoms with van der Waals surface area (Å²) in [5.41, 5.74) is 6.31. The van der Waals surface area contributed by atoms with E-state index >= 15 is 0 Å². The van der Waals surface area contributed by atoms with Crippen molar-refractivity contribution >= 4 is 23.6 Å². The molecule has 0 aliphatic heterocycles. The molecule has 0 aromatic carbocycles. The van der Waals surface area contributed by atoms with Gasteiger partial charge in [0.05, 0.1) is 11.9 Å². The van der Waals surface area contributed by atoms with Crippen LogP contribution in [0.2, 0.25) is 0 Å². The Hall–Kier alpha value is -2.91. The van der Waals surface area contributed by atoms with E-state index in [1.807, 2.05) is 0 Å². The van der Waals surface area contributed by atoms with E-state index in [-0.39, 0.29) is 30.1 Å². The number of aryl methyl sites for hydroxylation is 1. The standard InChI is InChI=1S/C11H16N8O2/c1-7-4-8(12)19(15-7)10(20)6-18-13-5-9(16-18)14-11(21)17(2)3/h4-5H,6,12H2,1-3H3,(H,14,16,21). The van der Waals surface area contributed by atoms with Crippen LogP contribution < -0.4 is 11.1 Å². The minimum absolute atomic E-state index is 0.136. The number of nitrogen functional groups attached to an aromatic ring is 1. The molecule has 0 bridgehead atoms. The lowest BCUT2D eigenvalue weighted by molar-refractivity contribution is 0.0867. The number of hydrogen-bond donors (Lipinski definition) is 2. The van der Waals surface area contributed by atoms with Crippen LogP contribution in [0.1, 0.15) is 10.5 Å². The number of amides is 2. The van der Waals surface area contributed by atoms with Crippen molar-refractivity contribution in [3.05, 3.63) is 18.0 Å². The molecule has 0 saturated carbocycles. The molecule has 10 heteroatoms. The summed E-state index contributed by atoms with van der Waals surface area (Å²) in [6.07, 6.45) is 1.35. The van der Waals surface area contributed by atoms with Crippen molar-refractivity contribution < 1.29 is 9.59 Å². The maximum Gasteiger partial charge on any atom is 0.322 e. The topological polar surface area (TPSA) is 124 Å². The highest BCUT2D eigenvalue weighted by Gasteiger charge is 2.14. The van der Waals surface area contributed by atoms with Crippen molar-refractivity contribution in [1.82, 2.24) is 29.7 Å². The van der Waals surface area contributed by atoms with Gasteiger partial charge in [0.1, 0.15) is 12.4 Å². The van der Waals surface area contributed by atoms with Crippen molar-refractivity contribution in [3.8, 4) is 0 Å². The number of anilines is 2. The second kappa shape index (κ2) is 5.61. The molecule has 0 unspecified atom stereocenters. The first-order valence-electron chi connectivity index (χ1n) is 6.10. The smallest absolute Gasteiger partial charge is 0.322 e. The van der Waals surface area contributed by atoms with Crippen molar-refractivity contribution in [2.24, 2.45) is 0 Å². The Balaban J connectivity index is 2.04. The highest BCUT2D eigenvalue weighted by molar-refractivity contribution is 5.87. The molecule has 2 rings (SSSR count). The molecule has 2 aromatic rings. The molecule has 0 aliphatic carbocycles. The second-order valence-corrected chi connectivity index (χ2v) is 4.60. The Kier molecular flexibility index (Phi) is 3.87. The van der Waals surface area contributed by atoms with Crippen LogP contribution >= 0.6 is 0 Å². The molecule has 112 valence electrons. The fourth-order valence-corrected chi connectivity index (χ4v) is 1.56. The molecule has 10 nitrogen and oxygen atoms in total. The van der Waals surface area contributed by atoms with E-state index in [9.17, 15) is 9.59 Å². The molecule has 0 radical (unpaired) electrons. The summed E-state index contributed by atoms with van der Waals surface area (Å²) in [7, 11) is 3.21. The van der Waals surface area contributed by atoms with Crippen LogP contribution in [-0.2, 0) is 6.54 Å². The van der Waals surface area contributed by atoms with E-state index in [0.717, 1.165) is 9.48 Å². The SMILES string of the molecule is Cc1cc(N)n(C(=O)Cn2ncc(NC(=O)N(C)C)n2)n1. The van der Waals surface area contributed by atoms with E-state index in [1.165, 1.54) is 11.1 Å². The number of carbonyl (C=O) groups is 2. The van der Waals surface area contributed by atoms with E-state index in [4.69, 9.17) is 5.73 Å². The summed E-state index contributed by atoms with van der Waals surface area (Å²) in [4.78, 5) is 26.0. The van der Waals surface area contributed by atoms with Crippen molar-refractivity contribution in [2.75, 3.05) is 25.1 Å². The predicted molar refractivity (Wildman–Crippen MR) is 74.7 cm³/mol. The monoisotopic (exact) mass is 292 g/mol. The predicted octanol–water partition coefficient (Wildman–Crippen LogP) is -0.201. The van der Waals surface area contributed by atoms with Gasteiger partial charge in [-0.15, -0.1) is 5.10 Å². The third kappa shape index (κ3) is 3.35. The third-order valence-electron chi connectivity index (χ3n) is 2.55. The van der Waals surface area contributed by atoms with Gasteiger partial charge in [-0.25, -0.2) is 4.79 Å². The van der Waals surface area contributed by atoms with Crippen LogP contribution in [0.15, 0.2) is 12.3 Å². The van der Waals surface area contributed by atoms with Gasteiger partial charge in [0.2, 0.25) is 0 Å². The number of hydrogen-bond acceptors (Lipinski definition) is 6. The van der Waals surface area contributed by atoms with Gasteiger partial charge in [-0.05, 0) is 6.92 Å². The van der Waals surface area contributed by atoms with E-state index in [2.05, 4.69) is 20.6 Å².